The van der Waals surface area contributed by atoms with Crippen LogP contribution in [0.3, 0.4) is 0 Å². The van der Waals surface area contributed by atoms with Crippen LogP contribution in [0.5, 0.6) is 5.75 Å². The number of methoxy groups -OCH3 is 1. The molecule has 0 aliphatic rings. The van der Waals surface area contributed by atoms with Crippen molar-refractivity contribution in [3.8, 4) is 22.7 Å². The Labute approximate surface area is 230 Å². The van der Waals surface area contributed by atoms with Crippen molar-refractivity contribution in [2.24, 2.45) is 5.92 Å². The van der Waals surface area contributed by atoms with Crippen molar-refractivity contribution in [1.82, 2.24) is 14.5 Å². The van der Waals surface area contributed by atoms with Crippen LogP contribution in [-0.2, 0) is 4.79 Å². The zero-order valence-corrected chi connectivity index (χ0v) is 23.5. The van der Waals surface area contributed by atoms with Crippen molar-refractivity contribution < 1.29 is 14.3 Å². The van der Waals surface area contributed by atoms with E-state index < -0.39 is 0 Å². The Morgan fingerprint density at radius 2 is 1.64 bits per heavy atom. The van der Waals surface area contributed by atoms with Gasteiger partial charge in [-0.1, -0.05) is 37.6 Å². The van der Waals surface area contributed by atoms with E-state index in [0.29, 0.717) is 23.8 Å². The lowest BCUT2D eigenvalue weighted by atomic mass is 10.1. The molecule has 2 amide bonds. The highest BCUT2D eigenvalue weighted by Crippen LogP contribution is 2.27. The van der Waals surface area contributed by atoms with Crippen LogP contribution in [0.4, 0.5) is 5.95 Å². The van der Waals surface area contributed by atoms with E-state index in [2.05, 4.69) is 25.2 Å². The summed E-state index contributed by atoms with van der Waals surface area (Å²) in [5.41, 5.74) is 6.44. The van der Waals surface area contributed by atoms with Crippen LogP contribution in [0.1, 0.15) is 40.9 Å². The van der Waals surface area contributed by atoms with Crippen LogP contribution in [0.15, 0.2) is 72.9 Å². The van der Waals surface area contributed by atoms with Crippen LogP contribution >= 0.6 is 0 Å². The van der Waals surface area contributed by atoms with E-state index in [-0.39, 0.29) is 24.3 Å². The normalized spacial score (nSPS) is 10.9. The molecule has 0 spiro atoms. The second-order valence-corrected chi connectivity index (χ2v) is 10.3. The number of aryl methyl sites for hydroxylation is 3. The van der Waals surface area contributed by atoms with Crippen molar-refractivity contribution in [2.45, 2.75) is 34.6 Å². The summed E-state index contributed by atoms with van der Waals surface area (Å²) in [7, 11) is 1.63. The van der Waals surface area contributed by atoms with Gasteiger partial charge in [-0.2, -0.15) is 0 Å². The molecule has 0 aliphatic carbocycles. The average molecular weight is 525 g/mol. The third-order valence-corrected chi connectivity index (χ3v) is 6.62. The molecule has 1 N–H and O–H groups in total. The Bertz CT molecular complexity index is 1450. The zero-order chi connectivity index (χ0) is 28.1. The number of benzene rings is 3. The van der Waals surface area contributed by atoms with Crippen LogP contribution in [0.2, 0.25) is 0 Å². The van der Waals surface area contributed by atoms with E-state index >= 15 is 0 Å². The molecule has 202 valence electrons. The first kappa shape index (κ1) is 27.6. The summed E-state index contributed by atoms with van der Waals surface area (Å²) in [4.78, 5) is 33.0. The van der Waals surface area contributed by atoms with Crippen LogP contribution in [-0.4, -0.2) is 46.5 Å². The van der Waals surface area contributed by atoms with Gasteiger partial charge < -0.3 is 9.64 Å². The third kappa shape index (κ3) is 6.74. The quantitative estimate of drug-likeness (QED) is 0.282. The molecule has 0 saturated heterocycles. The summed E-state index contributed by atoms with van der Waals surface area (Å²) in [6.07, 6.45) is 1.91. The largest absolute Gasteiger partial charge is 0.497 e. The molecule has 4 aromatic rings. The molecule has 0 aliphatic heterocycles. The molecule has 0 atom stereocenters. The van der Waals surface area contributed by atoms with Gasteiger partial charge in [0.2, 0.25) is 11.9 Å². The third-order valence-electron chi connectivity index (χ3n) is 6.62. The number of imidazole rings is 1. The molecular formula is C32H36N4O3. The second-order valence-electron chi connectivity index (χ2n) is 10.3. The highest BCUT2D eigenvalue weighted by Gasteiger charge is 2.22. The molecule has 4 rings (SSSR count). The van der Waals surface area contributed by atoms with Gasteiger partial charge in [-0.25, -0.2) is 4.98 Å². The summed E-state index contributed by atoms with van der Waals surface area (Å²) in [6.45, 7) is 10.5. The number of carbonyl (C=O) groups excluding carboxylic acids is 2. The lowest BCUT2D eigenvalue weighted by Gasteiger charge is -2.24. The van der Waals surface area contributed by atoms with Gasteiger partial charge in [-0.3, -0.25) is 19.5 Å². The topological polar surface area (TPSA) is 76.5 Å². The first-order valence-corrected chi connectivity index (χ1v) is 13.1. The molecule has 7 heteroatoms. The fraction of sp³-hybridized carbons (Fsp3) is 0.281. The van der Waals surface area contributed by atoms with Gasteiger partial charge >= 0.3 is 0 Å². The average Bonchev–Trinajstić information content (AvgIpc) is 3.33. The molecule has 0 bridgehead atoms. The van der Waals surface area contributed by atoms with Crippen molar-refractivity contribution in [3.63, 3.8) is 0 Å². The van der Waals surface area contributed by atoms with Gasteiger partial charge in [0, 0.05) is 29.6 Å². The number of anilines is 1. The smallest absolute Gasteiger partial charge is 0.254 e. The van der Waals surface area contributed by atoms with Crippen LogP contribution in [0.25, 0.3) is 16.9 Å². The maximum absolute atomic E-state index is 13.4. The molecule has 39 heavy (non-hydrogen) atoms. The van der Waals surface area contributed by atoms with E-state index in [0.717, 1.165) is 28.1 Å². The van der Waals surface area contributed by atoms with E-state index in [1.54, 1.807) is 24.1 Å². The van der Waals surface area contributed by atoms with Crippen molar-refractivity contribution in [2.75, 3.05) is 25.5 Å². The first-order chi connectivity index (χ1) is 18.6. The lowest BCUT2D eigenvalue weighted by molar-refractivity contribution is -0.117. The van der Waals surface area contributed by atoms with Crippen molar-refractivity contribution in [3.05, 3.63) is 95.2 Å². The monoisotopic (exact) mass is 524 g/mol. The molecule has 0 saturated carbocycles. The summed E-state index contributed by atoms with van der Waals surface area (Å²) < 4.78 is 7.16. The number of hydrogen-bond acceptors (Lipinski definition) is 4. The fourth-order valence-electron chi connectivity index (χ4n) is 4.32. The standard InChI is InChI=1S/C32H36N4O3/c1-21(2)18-35(31(38)26-10-7-22(3)8-11-26)20-30(37)34-32-33-29(25-12-15-28(39-6)16-13-25)19-36(32)27-14-9-23(4)24(5)17-27/h7-17,19,21H,18,20H2,1-6H3,(H,33,34,37). The van der Waals surface area contributed by atoms with E-state index in [4.69, 9.17) is 9.72 Å². The SMILES string of the molecule is COc1ccc(-c2cn(-c3ccc(C)c(C)c3)c(NC(=O)CN(CC(C)C)C(=O)c3ccc(C)cc3)n2)cc1. The second kappa shape index (κ2) is 12.0. The molecule has 0 radical (unpaired) electrons. The summed E-state index contributed by atoms with van der Waals surface area (Å²) in [5, 5.41) is 2.97. The zero-order valence-electron chi connectivity index (χ0n) is 23.5. The number of aromatic nitrogens is 2. The Hall–Kier alpha value is -4.39. The molecule has 0 fully saturated rings. The van der Waals surface area contributed by atoms with Gasteiger partial charge in [0.25, 0.3) is 5.91 Å². The predicted molar refractivity (Wildman–Crippen MR) is 156 cm³/mol. The molecule has 0 unspecified atom stereocenters. The Morgan fingerprint density at radius 1 is 0.949 bits per heavy atom. The number of nitrogens with zero attached hydrogens (tertiary/aromatic N) is 3. The summed E-state index contributed by atoms with van der Waals surface area (Å²) in [5.74, 6) is 0.862. The molecule has 3 aromatic carbocycles. The van der Waals surface area contributed by atoms with Gasteiger partial charge in [0.15, 0.2) is 0 Å². The lowest BCUT2D eigenvalue weighted by Crippen LogP contribution is -2.40. The van der Waals surface area contributed by atoms with Crippen LogP contribution < -0.4 is 10.1 Å². The van der Waals surface area contributed by atoms with Crippen LogP contribution in [0, 0.1) is 26.7 Å². The minimum absolute atomic E-state index is 0.0808. The van der Waals surface area contributed by atoms with E-state index in [1.807, 2.05) is 80.1 Å². The summed E-state index contributed by atoms with van der Waals surface area (Å²) >= 11 is 0. The highest BCUT2D eigenvalue weighted by molar-refractivity contribution is 5.99. The maximum Gasteiger partial charge on any atom is 0.254 e. The van der Waals surface area contributed by atoms with Gasteiger partial charge in [-0.05, 0) is 86.3 Å². The van der Waals surface area contributed by atoms with E-state index in [9.17, 15) is 9.59 Å². The maximum atomic E-state index is 13.4. The van der Waals surface area contributed by atoms with Crippen molar-refractivity contribution in [1.29, 1.82) is 0 Å². The number of carbonyl (C=O) groups is 2. The number of ether oxygens (including phenoxy) is 1. The number of rotatable bonds is 9. The summed E-state index contributed by atoms with van der Waals surface area (Å²) in [6, 6.07) is 21.2. The molecular weight excluding hydrogens is 488 g/mol. The minimum atomic E-state index is -0.312. The first-order valence-electron chi connectivity index (χ1n) is 13.1. The fourth-order valence-corrected chi connectivity index (χ4v) is 4.32. The Balaban J connectivity index is 1.64. The predicted octanol–water partition coefficient (Wildman–Crippen LogP) is 6.21. The van der Waals surface area contributed by atoms with Gasteiger partial charge in [0.1, 0.15) is 12.3 Å². The highest BCUT2D eigenvalue weighted by atomic mass is 16.5. The Morgan fingerprint density at radius 3 is 2.26 bits per heavy atom. The van der Waals surface area contributed by atoms with Gasteiger partial charge in [-0.15, -0.1) is 0 Å². The Kier molecular flexibility index (Phi) is 8.49. The van der Waals surface area contributed by atoms with Crippen molar-refractivity contribution >= 4 is 17.8 Å². The minimum Gasteiger partial charge on any atom is -0.497 e. The molecule has 7 nitrogen and oxygen atoms in total. The van der Waals surface area contributed by atoms with E-state index in [1.165, 1.54) is 5.56 Å². The number of nitrogens with one attached hydrogen (secondary N) is 1. The number of hydrogen-bond donors (Lipinski definition) is 1. The van der Waals surface area contributed by atoms with Gasteiger partial charge in [0.05, 0.1) is 12.8 Å². The number of amides is 2. The molecule has 1 aromatic heterocycles. The molecule has 1 heterocycles.